The Balaban J connectivity index is 2.14. The number of hydrogen-bond acceptors (Lipinski definition) is 2. The minimum Gasteiger partial charge on any atom is -0.380 e. The summed E-state index contributed by atoms with van der Waals surface area (Å²) in [4.78, 5) is 2.60. The van der Waals surface area contributed by atoms with Gasteiger partial charge < -0.3 is 9.64 Å². The van der Waals surface area contributed by atoms with Crippen LogP contribution in [0.5, 0.6) is 0 Å². The lowest BCUT2D eigenvalue weighted by atomic mass is 9.93. The first kappa shape index (κ1) is 17.0. The highest BCUT2D eigenvalue weighted by molar-refractivity contribution is 4.76. The lowest BCUT2D eigenvalue weighted by Crippen LogP contribution is -2.25. The number of methoxy groups -OCH3 is 1. The van der Waals surface area contributed by atoms with Crippen molar-refractivity contribution >= 4 is 0 Å². The highest BCUT2D eigenvalue weighted by atomic mass is 16.5. The van der Waals surface area contributed by atoms with Crippen molar-refractivity contribution in [1.82, 2.24) is 4.90 Å². The molecule has 114 valence electrons. The van der Waals surface area contributed by atoms with E-state index in [0.29, 0.717) is 6.10 Å². The third-order valence-electron chi connectivity index (χ3n) is 4.58. The first-order chi connectivity index (χ1) is 9.30. The normalized spacial score (nSPS) is 21.9. The molecule has 1 aliphatic rings. The summed E-state index contributed by atoms with van der Waals surface area (Å²) in [7, 11) is 1.85. The van der Waals surface area contributed by atoms with Crippen LogP contribution in [0.4, 0.5) is 0 Å². The van der Waals surface area contributed by atoms with Crippen LogP contribution in [0, 0.1) is 5.92 Å². The molecule has 0 saturated carbocycles. The first-order valence-corrected chi connectivity index (χ1v) is 8.55. The summed E-state index contributed by atoms with van der Waals surface area (Å²) < 4.78 is 5.45. The van der Waals surface area contributed by atoms with E-state index in [9.17, 15) is 0 Å². The maximum Gasteiger partial charge on any atom is 0.0710 e. The second-order valence-corrected chi connectivity index (χ2v) is 6.24. The predicted octanol–water partition coefficient (Wildman–Crippen LogP) is 4.48. The van der Waals surface area contributed by atoms with Crippen molar-refractivity contribution in [3.63, 3.8) is 0 Å². The van der Waals surface area contributed by atoms with Crippen LogP contribution in [0.25, 0.3) is 0 Å². The molecule has 0 aromatic rings. The van der Waals surface area contributed by atoms with Crippen molar-refractivity contribution in [3.8, 4) is 0 Å². The van der Waals surface area contributed by atoms with Gasteiger partial charge in [0.15, 0.2) is 0 Å². The molecule has 0 bridgehead atoms. The highest BCUT2D eigenvalue weighted by Crippen LogP contribution is 2.21. The fourth-order valence-electron chi connectivity index (χ4n) is 3.26. The van der Waals surface area contributed by atoms with E-state index in [1.165, 1.54) is 70.9 Å². The van der Waals surface area contributed by atoms with Crippen LogP contribution in [0.15, 0.2) is 0 Å². The Morgan fingerprint density at radius 2 is 1.89 bits per heavy atom. The van der Waals surface area contributed by atoms with Crippen molar-refractivity contribution < 1.29 is 4.74 Å². The molecule has 0 amide bonds. The smallest absolute Gasteiger partial charge is 0.0710 e. The summed E-state index contributed by atoms with van der Waals surface area (Å²) in [6.45, 7) is 8.32. The lowest BCUT2D eigenvalue weighted by molar-refractivity contribution is 0.107. The molecule has 1 fully saturated rings. The summed E-state index contributed by atoms with van der Waals surface area (Å²) >= 11 is 0. The Kier molecular flexibility index (Phi) is 9.54. The van der Waals surface area contributed by atoms with Crippen LogP contribution in [-0.4, -0.2) is 37.7 Å². The number of nitrogens with zero attached hydrogens (tertiary/aromatic N) is 1. The van der Waals surface area contributed by atoms with Crippen molar-refractivity contribution in [2.45, 2.75) is 77.7 Å². The molecule has 1 unspecified atom stereocenters. The van der Waals surface area contributed by atoms with Gasteiger partial charge in [0.2, 0.25) is 0 Å². The predicted molar refractivity (Wildman–Crippen MR) is 83.6 cm³/mol. The average Bonchev–Trinajstić information content (AvgIpc) is 2.88. The Hall–Kier alpha value is -0.0800. The molecule has 0 N–H and O–H groups in total. The first-order valence-electron chi connectivity index (χ1n) is 8.55. The maximum absolute atomic E-state index is 5.45. The molecule has 0 radical (unpaired) electrons. The fraction of sp³-hybridized carbons (Fsp3) is 1.00. The molecule has 2 nitrogen and oxygen atoms in total. The molecule has 0 spiro atoms. The number of hydrogen-bond donors (Lipinski definition) is 0. The van der Waals surface area contributed by atoms with E-state index in [0.717, 1.165) is 12.5 Å². The van der Waals surface area contributed by atoms with Crippen LogP contribution < -0.4 is 0 Å². The summed E-state index contributed by atoms with van der Waals surface area (Å²) in [5.41, 5.74) is 0. The zero-order valence-electron chi connectivity index (χ0n) is 13.5. The molecule has 1 aliphatic heterocycles. The van der Waals surface area contributed by atoms with Gasteiger partial charge >= 0.3 is 0 Å². The number of unbranched alkanes of at least 4 members (excludes halogenated alkanes) is 3. The Bertz CT molecular complexity index is 207. The van der Waals surface area contributed by atoms with Gasteiger partial charge in [-0.25, -0.2) is 0 Å². The summed E-state index contributed by atoms with van der Waals surface area (Å²) in [5.74, 6) is 0.962. The average molecular weight is 269 g/mol. The zero-order chi connectivity index (χ0) is 13.9. The zero-order valence-corrected chi connectivity index (χ0v) is 13.5. The number of ether oxygens (including phenoxy) is 1. The molecular weight excluding hydrogens is 234 g/mol. The van der Waals surface area contributed by atoms with Gasteiger partial charge in [-0.2, -0.15) is 0 Å². The second kappa shape index (κ2) is 10.7. The third-order valence-corrected chi connectivity index (χ3v) is 4.58. The fourth-order valence-corrected chi connectivity index (χ4v) is 3.26. The lowest BCUT2D eigenvalue weighted by Gasteiger charge is -2.21. The van der Waals surface area contributed by atoms with Crippen LogP contribution in [0.3, 0.4) is 0 Å². The molecule has 1 heterocycles. The second-order valence-electron chi connectivity index (χ2n) is 6.24. The van der Waals surface area contributed by atoms with Gasteiger partial charge in [-0.3, -0.25) is 0 Å². The van der Waals surface area contributed by atoms with Gasteiger partial charge in [-0.1, -0.05) is 58.8 Å². The summed E-state index contributed by atoms with van der Waals surface area (Å²) in [6.07, 6.45) is 13.0. The Labute approximate surface area is 120 Å². The van der Waals surface area contributed by atoms with Gasteiger partial charge in [-0.15, -0.1) is 0 Å². The van der Waals surface area contributed by atoms with Crippen LogP contribution in [0.2, 0.25) is 0 Å². The molecule has 2 atom stereocenters. The standard InChI is InChI=1S/C17H35NO/c1-4-6-7-8-10-16(9-5-2)11-13-18-14-12-17(15-18)19-3/h16-17H,4-15H2,1-3H3/t16?,17-/m1/s1. The Morgan fingerprint density at radius 1 is 1.05 bits per heavy atom. The molecule has 1 rings (SSSR count). The van der Waals surface area contributed by atoms with E-state index in [-0.39, 0.29) is 0 Å². The minimum atomic E-state index is 0.495. The van der Waals surface area contributed by atoms with Crippen molar-refractivity contribution in [2.24, 2.45) is 5.92 Å². The minimum absolute atomic E-state index is 0.495. The molecule has 1 saturated heterocycles. The molecule has 0 aromatic carbocycles. The van der Waals surface area contributed by atoms with E-state index in [2.05, 4.69) is 18.7 Å². The maximum atomic E-state index is 5.45. The highest BCUT2D eigenvalue weighted by Gasteiger charge is 2.22. The van der Waals surface area contributed by atoms with Gasteiger partial charge in [0.25, 0.3) is 0 Å². The van der Waals surface area contributed by atoms with E-state index in [1.807, 2.05) is 7.11 Å². The number of rotatable bonds is 11. The number of likely N-dealkylation sites (tertiary alicyclic amines) is 1. The van der Waals surface area contributed by atoms with Crippen molar-refractivity contribution in [1.29, 1.82) is 0 Å². The largest absolute Gasteiger partial charge is 0.380 e. The third kappa shape index (κ3) is 7.31. The van der Waals surface area contributed by atoms with Crippen molar-refractivity contribution in [2.75, 3.05) is 26.7 Å². The summed E-state index contributed by atoms with van der Waals surface area (Å²) in [5, 5.41) is 0. The van der Waals surface area contributed by atoms with Crippen LogP contribution >= 0.6 is 0 Å². The van der Waals surface area contributed by atoms with Crippen molar-refractivity contribution in [3.05, 3.63) is 0 Å². The molecule has 0 aromatic heterocycles. The monoisotopic (exact) mass is 269 g/mol. The quantitative estimate of drug-likeness (QED) is 0.513. The van der Waals surface area contributed by atoms with Gasteiger partial charge in [0, 0.05) is 20.2 Å². The molecular formula is C17H35NO. The van der Waals surface area contributed by atoms with E-state index >= 15 is 0 Å². The molecule has 0 aliphatic carbocycles. The molecule has 2 heteroatoms. The van der Waals surface area contributed by atoms with Gasteiger partial charge in [-0.05, 0) is 25.3 Å². The van der Waals surface area contributed by atoms with E-state index in [4.69, 9.17) is 4.74 Å². The summed E-state index contributed by atoms with van der Waals surface area (Å²) in [6, 6.07) is 0. The van der Waals surface area contributed by atoms with E-state index in [1.54, 1.807) is 0 Å². The SMILES string of the molecule is CCCCCCC(CCC)CCN1CC[C@@H](OC)C1. The van der Waals surface area contributed by atoms with Gasteiger partial charge in [0.05, 0.1) is 6.10 Å². The van der Waals surface area contributed by atoms with E-state index < -0.39 is 0 Å². The van der Waals surface area contributed by atoms with Crippen LogP contribution in [-0.2, 0) is 4.74 Å². The Morgan fingerprint density at radius 3 is 2.53 bits per heavy atom. The van der Waals surface area contributed by atoms with Gasteiger partial charge in [0.1, 0.15) is 0 Å². The topological polar surface area (TPSA) is 12.5 Å². The molecule has 19 heavy (non-hydrogen) atoms. The van der Waals surface area contributed by atoms with Crippen LogP contribution in [0.1, 0.15) is 71.6 Å².